The Labute approximate surface area is 263 Å². The molecule has 0 fully saturated rings. The Morgan fingerprint density at radius 2 is 1.00 bits per heavy atom. The molecule has 236 valence electrons. The molecule has 0 saturated heterocycles. The first kappa shape index (κ1) is 36.1. The van der Waals surface area contributed by atoms with E-state index in [4.69, 9.17) is 0 Å². The zero-order valence-corrected chi connectivity index (χ0v) is 28.2. The van der Waals surface area contributed by atoms with Crippen LogP contribution in [-0.2, 0) is 35.7 Å². The fraction of sp³-hybridized carbons (Fsp3) is 0.568. The van der Waals surface area contributed by atoms with Crippen LogP contribution >= 0.6 is 0 Å². The van der Waals surface area contributed by atoms with E-state index >= 15 is 0 Å². The second kappa shape index (κ2) is 21.6. The molecule has 0 atom stereocenters. The third-order valence-corrected chi connectivity index (χ3v) is 8.14. The van der Waals surface area contributed by atoms with Crippen molar-refractivity contribution < 1.29 is 27.5 Å². The number of nitrogens with zero attached hydrogens (tertiary/aromatic N) is 2. The number of aryl methyl sites for hydroxylation is 2. The van der Waals surface area contributed by atoms with Crippen LogP contribution in [0.5, 0.6) is 0 Å². The van der Waals surface area contributed by atoms with Crippen molar-refractivity contribution in [3.8, 4) is 0 Å². The van der Waals surface area contributed by atoms with Crippen molar-refractivity contribution in [2.45, 2.75) is 124 Å². The van der Waals surface area contributed by atoms with Gasteiger partial charge in [0.05, 0.1) is 0 Å². The third-order valence-electron chi connectivity index (χ3n) is 7.81. The molecule has 0 aliphatic carbocycles. The summed E-state index contributed by atoms with van der Waals surface area (Å²) in [7, 11) is 3.12. The molecule has 0 unspecified atom stereocenters. The van der Waals surface area contributed by atoms with Gasteiger partial charge in [-0.15, -0.1) is 0 Å². The van der Waals surface area contributed by atoms with Crippen LogP contribution in [0.1, 0.15) is 133 Å². The Bertz CT molecular complexity index is 1140. The van der Waals surface area contributed by atoms with Crippen molar-refractivity contribution >= 4 is 11.4 Å². The van der Waals surface area contributed by atoms with E-state index in [0.29, 0.717) is 0 Å². The average Bonchev–Trinajstić information content (AvgIpc) is 3.29. The summed E-state index contributed by atoms with van der Waals surface area (Å²) in [5, 5.41) is 0. The SMILES string of the molecule is CCCCCCCC1=C(c2cccc(CCCC)c2)[N+](=[N-])C(c2cccc(CCCC)c2)=C1CCCC.C[O][Ni][O]C. The Morgan fingerprint density at radius 1 is 0.571 bits per heavy atom. The number of hydrogen-bond acceptors (Lipinski definition) is 2. The second-order valence-corrected chi connectivity index (χ2v) is 12.1. The molecule has 1 heterocycles. The van der Waals surface area contributed by atoms with Crippen molar-refractivity contribution in [2.75, 3.05) is 14.2 Å². The van der Waals surface area contributed by atoms with Gasteiger partial charge in [0.15, 0.2) is 0 Å². The molecule has 0 aromatic heterocycles. The summed E-state index contributed by atoms with van der Waals surface area (Å²) in [5.74, 6) is 0. The van der Waals surface area contributed by atoms with Gasteiger partial charge >= 0.3 is 37.1 Å². The van der Waals surface area contributed by atoms with E-state index in [9.17, 15) is 5.53 Å². The Morgan fingerprint density at radius 3 is 1.43 bits per heavy atom. The van der Waals surface area contributed by atoms with Crippen molar-refractivity contribution in [3.63, 3.8) is 0 Å². The van der Waals surface area contributed by atoms with Crippen LogP contribution in [0.3, 0.4) is 0 Å². The summed E-state index contributed by atoms with van der Waals surface area (Å²) in [4.78, 5) is 0. The minimum absolute atomic E-state index is 0.819. The minimum atomic E-state index is 0.819. The van der Waals surface area contributed by atoms with Crippen LogP contribution in [0.25, 0.3) is 16.9 Å². The van der Waals surface area contributed by atoms with Gasteiger partial charge in [-0.25, -0.2) is 4.70 Å². The van der Waals surface area contributed by atoms with Gasteiger partial charge in [-0.2, -0.15) is 0 Å². The molecule has 5 heteroatoms. The van der Waals surface area contributed by atoms with Crippen LogP contribution in [0.2, 0.25) is 0 Å². The molecule has 0 N–H and O–H groups in total. The molecule has 0 spiro atoms. The van der Waals surface area contributed by atoms with E-state index < -0.39 is 0 Å². The maximum absolute atomic E-state index is 11.9. The summed E-state index contributed by atoms with van der Waals surface area (Å²) < 4.78 is 10.4. The van der Waals surface area contributed by atoms with Gasteiger partial charge in [-0.3, -0.25) is 0 Å². The number of allylic oxidation sites excluding steroid dienone is 2. The standard InChI is InChI=1S/C35H50N2.2CH3O.Ni/c1-5-9-13-14-15-25-33-32(24-12-8-4)34(30-22-16-20-28(26-30)18-10-6-2)37(36)35(33)31-23-17-21-29(27-31)19-11-7-3;2*1-2;/h16-17,20-23,26-27H,5-15,18-19,24-25H2,1-4H3;2*1H3;/q;2*-1;+2. The molecule has 3 rings (SSSR count). The first-order valence-corrected chi connectivity index (χ1v) is 17.2. The van der Waals surface area contributed by atoms with E-state index in [1.54, 1.807) is 18.9 Å². The van der Waals surface area contributed by atoms with E-state index in [0.717, 1.165) is 76.1 Å². The van der Waals surface area contributed by atoms with Gasteiger partial charge in [0, 0.05) is 22.3 Å². The third kappa shape index (κ3) is 11.5. The first-order valence-electron chi connectivity index (χ1n) is 16.4. The molecule has 0 radical (unpaired) electrons. The average molecular weight is 620 g/mol. The first-order chi connectivity index (χ1) is 20.6. The van der Waals surface area contributed by atoms with E-state index in [1.165, 1.54) is 80.1 Å². The number of benzene rings is 2. The molecule has 2 aromatic carbocycles. The van der Waals surface area contributed by atoms with Crippen molar-refractivity contribution in [1.82, 2.24) is 0 Å². The van der Waals surface area contributed by atoms with Crippen molar-refractivity contribution in [3.05, 3.63) is 87.5 Å². The van der Waals surface area contributed by atoms with Crippen LogP contribution in [0.15, 0.2) is 59.7 Å². The summed E-state index contributed by atoms with van der Waals surface area (Å²) in [5.41, 5.74) is 21.7. The zero-order valence-electron chi connectivity index (χ0n) is 27.3. The summed E-state index contributed by atoms with van der Waals surface area (Å²) in [6, 6.07) is 17.9. The van der Waals surface area contributed by atoms with E-state index in [2.05, 4.69) is 84.0 Å². The quantitative estimate of drug-likeness (QED) is 0.0892. The normalized spacial score (nSPS) is 13.2. The maximum atomic E-state index is 11.9. The molecule has 42 heavy (non-hydrogen) atoms. The van der Waals surface area contributed by atoms with E-state index in [-0.39, 0.29) is 0 Å². The number of hydrogen-bond donors (Lipinski definition) is 0. The number of unbranched alkanes of at least 4 members (excludes halogenated alkanes) is 7. The molecular weight excluding hydrogens is 563 g/mol. The molecule has 0 saturated carbocycles. The molecule has 1 aliphatic heterocycles. The molecule has 4 nitrogen and oxygen atoms in total. The summed E-state index contributed by atoms with van der Waals surface area (Å²) >= 11 is 0.819. The van der Waals surface area contributed by atoms with Crippen molar-refractivity contribution in [2.24, 2.45) is 0 Å². The monoisotopic (exact) mass is 618 g/mol. The van der Waals surface area contributed by atoms with Crippen molar-refractivity contribution in [1.29, 1.82) is 0 Å². The molecule has 0 amide bonds. The van der Waals surface area contributed by atoms with Gasteiger partial charge in [-0.1, -0.05) is 96.9 Å². The predicted molar refractivity (Wildman–Crippen MR) is 174 cm³/mol. The van der Waals surface area contributed by atoms with Gasteiger partial charge in [-0.05, 0) is 86.8 Å². The Kier molecular flexibility index (Phi) is 18.6. The molecule has 1 aliphatic rings. The molecule has 2 aromatic rings. The van der Waals surface area contributed by atoms with E-state index in [1.807, 2.05) is 0 Å². The fourth-order valence-corrected chi connectivity index (χ4v) is 5.77. The molecular formula is C37H56N2NiO2. The van der Waals surface area contributed by atoms with Gasteiger partial charge in [0.25, 0.3) is 0 Å². The van der Waals surface area contributed by atoms with Gasteiger partial charge in [0.1, 0.15) is 0 Å². The Hall–Kier alpha value is -2.07. The molecule has 0 bridgehead atoms. The summed E-state index contributed by atoms with van der Waals surface area (Å²) in [6.45, 7) is 9.04. The second-order valence-electron chi connectivity index (χ2n) is 11.2. The Balaban J connectivity index is 0.00000113. The van der Waals surface area contributed by atoms with Gasteiger partial charge < -0.3 is 5.53 Å². The topological polar surface area (TPSA) is 43.8 Å². The van der Waals surface area contributed by atoms with Crippen LogP contribution in [0.4, 0.5) is 0 Å². The fourth-order valence-electron chi connectivity index (χ4n) is 5.61. The van der Waals surface area contributed by atoms with Crippen LogP contribution < -0.4 is 0 Å². The van der Waals surface area contributed by atoms with Crippen LogP contribution in [-0.4, -0.2) is 18.9 Å². The van der Waals surface area contributed by atoms with Crippen LogP contribution in [0, 0.1) is 0 Å². The van der Waals surface area contributed by atoms with Gasteiger partial charge in [0.2, 0.25) is 11.4 Å². The zero-order chi connectivity index (χ0) is 30.6. The number of rotatable bonds is 19. The summed E-state index contributed by atoms with van der Waals surface area (Å²) in [6.07, 6.45) is 17.7. The predicted octanol–water partition coefficient (Wildman–Crippen LogP) is 11.3.